The van der Waals surface area contributed by atoms with Crippen LogP contribution in [0.3, 0.4) is 0 Å². The molecule has 2 aromatic heterocycles. The van der Waals surface area contributed by atoms with E-state index in [9.17, 15) is 0 Å². The highest BCUT2D eigenvalue weighted by molar-refractivity contribution is 7.16. The van der Waals surface area contributed by atoms with Crippen LogP contribution in [-0.2, 0) is 89.0 Å². The molecule has 0 fully saturated rings. The second kappa shape index (κ2) is 40.1. The Balaban J connectivity index is 1.15. The number of hydrogen-bond donors (Lipinski definition) is 0. The van der Waals surface area contributed by atoms with Crippen molar-refractivity contribution < 1.29 is 102 Å². The Labute approximate surface area is 491 Å². The van der Waals surface area contributed by atoms with Gasteiger partial charge in [0.1, 0.15) is 0 Å². The Morgan fingerprint density at radius 1 is 0.361 bits per heavy atom. The summed E-state index contributed by atoms with van der Waals surface area (Å²) >= 11 is 1.99. The van der Waals surface area contributed by atoms with E-state index in [0.29, 0.717) is 153 Å². The molecular formula is C59H82F6O16S2. The number of thiophene rings is 2. The lowest BCUT2D eigenvalue weighted by atomic mass is 9.94. The molecule has 2 atom stereocenters. The Morgan fingerprint density at radius 3 is 0.880 bits per heavy atom. The molecule has 0 saturated carbocycles. The summed E-state index contributed by atoms with van der Waals surface area (Å²) in [7, 11) is 3.23. The Kier molecular flexibility index (Phi) is 33.9. The second-order valence-electron chi connectivity index (χ2n) is 18.6. The summed E-state index contributed by atoms with van der Waals surface area (Å²) in [5, 5.41) is 0. The molecule has 2 aromatic carbocycles. The molecule has 0 spiro atoms. The zero-order chi connectivity index (χ0) is 59.4. The van der Waals surface area contributed by atoms with Gasteiger partial charge in [0.2, 0.25) is 0 Å². The zero-order valence-corrected chi connectivity index (χ0v) is 49.6. The molecule has 0 radical (unpaired) electrons. The fourth-order valence-electron chi connectivity index (χ4n) is 7.93. The minimum atomic E-state index is -5.81. The average Bonchev–Trinajstić information content (AvgIpc) is 1.60. The maximum Gasteiger partial charge on any atom is 0.380 e. The summed E-state index contributed by atoms with van der Waals surface area (Å²) in [6, 6.07) is 19.8. The molecule has 0 bridgehead atoms. The molecule has 0 aliphatic heterocycles. The van der Waals surface area contributed by atoms with Crippen LogP contribution in [0.4, 0.5) is 26.3 Å². The highest BCUT2D eigenvalue weighted by atomic mass is 32.1. The Bertz CT molecular complexity index is 2190. The molecule has 468 valence electrons. The maximum atomic E-state index is 16.7. The smallest absolute Gasteiger partial charge is 0.380 e. The van der Waals surface area contributed by atoms with Crippen LogP contribution in [0.15, 0.2) is 72.8 Å². The largest absolute Gasteiger partial charge is 0.382 e. The maximum absolute atomic E-state index is 16.7. The molecule has 1 aliphatic rings. The highest BCUT2D eigenvalue weighted by Crippen LogP contribution is 2.66. The lowest BCUT2D eigenvalue weighted by Crippen LogP contribution is -2.49. The molecule has 5 rings (SSSR count). The molecule has 4 aromatic rings. The number of ether oxygens (including phenoxy) is 16. The van der Waals surface area contributed by atoms with Gasteiger partial charge in [-0.3, -0.25) is 0 Å². The van der Waals surface area contributed by atoms with E-state index in [1.54, 1.807) is 88.7 Å². The number of rotatable bonds is 50. The Hall–Kier alpha value is -3.48. The predicted molar refractivity (Wildman–Crippen MR) is 303 cm³/mol. The topological polar surface area (TPSA) is 148 Å². The Morgan fingerprint density at radius 2 is 0.614 bits per heavy atom. The minimum absolute atomic E-state index is 0.0518. The van der Waals surface area contributed by atoms with Crippen LogP contribution in [0.25, 0.3) is 32.0 Å². The molecule has 2 heterocycles. The SMILES string of the molecule is COCCOCCOCCOCCOCCOCCOC[C@@H](C)OCc1sc(-c2ccccc2)cc1C1=C(c2cc(-c3ccccc3)sc2CO[C@H](C)COCCOCCOCCOCCOCCOCCOC)C(F)(F)C(F)(F)C1(F)F. The van der Waals surface area contributed by atoms with Crippen molar-refractivity contribution in [2.45, 2.75) is 57.0 Å². The fraction of sp³-hybridized carbons (Fsp3) is 0.627. The number of benzene rings is 2. The minimum Gasteiger partial charge on any atom is -0.382 e. The van der Waals surface area contributed by atoms with Gasteiger partial charge in [0.15, 0.2) is 0 Å². The molecule has 24 heteroatoms. The standard InChI is InChI=1S/C59H82F6O16S2/c1-45(41-78-37-35-76-33-31-74-29-27-72-25-23-70-21-19-68-17-15-66-3)80-43-53-49(39-51(82-53)47-11-7-5-8-12-47)55-56(58(62,63)59(64,65)57(55,60)61)50-40-52(48-13-9-6-10-14-48)83-54(50)44-81-46(2)42-79-38-36-77-34-32-75-30-28-73-26-24-71-22-20-69-18-16-67-4/h5-14,39-40,45-46H,15-38,41-44H2,1-4H3/t45-,46-/m1/s1. The predicted octanol–water partition coefficient (Wildman–Crippen LogP) is 10.3. The van der Waals surface area contributed by atoms with Crippen molar-refractivity contribution in [3.63, 3.8) is 0 Å². The van der Waals surface area contributed by atoms with Gasteiger partial charge in [-0.15, -0.1) is 22.7 Å². The van der Waals surface area contributed by atoms with Crippen molar-refractivity contribution in [1.29, 1.82) is 0 Å². The van der Waals surface area contributed by atoms with Crippen LogP contribution in [-0.4, -0.2) is 216 Å². The summed E-state index contributed by atoms with van der Waals surface area (Å²) in [6.07, 6.45) is -1.25. The van der Waals surface area contributed by atoms with Crippen LogP contribution in [0.5, 0.6) is 0 Å². The zero-order valence-electron chi connectivity index (χ0n) is 48.0. The van der Waals surface area contributed by atoms with Gasteiger partial charge in [-0.2, -0.15) is 26.3 Å². The van der Waals surface area contributed by atoms with E-state index in [2.05, 4.69) is 0 Å². The van der Waals surface area contributed by atoms with Gasteiger partial charge in [0.05, 0.1) is 197 Å². The first kappa shape index (κ1) is 70.3. The normalized spacial score (nSPS) is 15.4. The van der Waals surface area contributed by atoms with Crippen molar-refractivity contribution in [3.05, 3.63) is 93.7 Å². The first-order valence-electron chi connectivity index (χ1n) is 27.7. The van der Waals surface area contributed by atoms with E-state index in [1.807, 2.05) is 0 Å². The number of hydrogen-bond acceptors (Lipinski definition) is 18. The van der Waals surface area contributed by atoms with Crippen molar-refractivity contribution in [3.8, 4) is 20.9 Å². The molecule has 83 heavy (non-hydrogen) atoms. The van der Waals surface area contributed by atoms with Gasteiger partial charge < -0.3 is 75.8 Å². The molecule has 0 unspecified atom stereocenters. The van der Waals surface area contributed by atoms with Crippen LogP contribution < -0.4 is 0 Å². The molecule has 0 amide bonds. The van der Waals surface area contributed by atoms with Crippen LogP contribution >= 0.6 is 22.7 Å². The third-order valence-electron chi connectivity index (χ3n) is 12.2. The number of halogens is 6. The second-order valence-corrected chi connectivity index (χ2v) is 20.9. The lowest BCUT2D eigenvalue weighted by molar-refractivity contribution is -0.254. The molecule has 16 nitrogen and oxygen atoms in total. The van der Waals surface area contributed by atoms with E-state index in [1.165, 1.54) is 12.1 Å². The van der Waals surface area contributed by atoms with E-state index < -0.39 is 52.2 Å². The van der Waals surface area contributed by atoms with Crippen LogP contribution in [0.2, 0.25) is 0 Å². The van der Waals surface area contributed by atoms with Crippen molar-refractivity contribution in [2.24, 2.45) is 0 Å². The molecule has 0 saturated heterocycles. The van der Waals surface area contributed by atoms with Crippen LogP contribution in [0.1, 0.15) is 34.7 Å². The monoisotopic (exact) mass is 1220 g/mol. The molecular weight excluding hydrogens is 1140 g/mol. The number of allylic oxidation sites excluding steroid dienone is 2. The average molecular weight is 1230 g/mol. The van der Waals surface area contributed by atoms with Gasteiger partial charge in [-0.25, -0.2) is 0 Å². The third kappa shape index (κ3) is 24.0. The van der Waals surface area contributed by atoms with E-state index in [4.69, 9.17) is 75.8 Å². The third-order valence-corrected chi connectivity index (χ3v) is 14.5. The van der Waals surface area contributed by atoms with Crippen molar-refractivity contribution in [1.82, 2.24) is 0 Å². The van der Waals surface area contributed by atoms with E-state index in [-0.39, 0.29) is 62.6 Å². The molecule has 0 N–H and O–H groups in total. The van der Waals surface area contributed by atoms with Gasteiger partial charge >= 0.3 is 17.8 Å². The fourth-order valence-corrected chi connectivity index (χ4v) is 10.1. The summed E-state index contributed by atoms with van der Waals surface area (Å²) in [4.78, 5) is 0.884. The number of alkyl halides is 6. The highest BCUT2D eigenvalue weighted by Gasteiger charge is 2.80. The number of methoxy groups -OCH3 is 2. The summed E-state index contributed by atoms with van der Waals surface area (Å²) in [5.74, 6) is -16.5. The van der Waals surface area contributed by atoms with E-state index >= 15 is 26.3 Å². The lowest BCUT2D eigenvalue weighted by Gasteiger charge is -2.26. The van der Waals surface area contributed by atoms with Gasteiger partial charge in [0.25, 0.3) is 0 Å². The summed E-state index contributed by atoms with van der Waals surface area (Å²) < 4.78 is 187. The first-order valence-corrected chi connectivity index (χ1v) is 29.4. The summed E-state index contributed by atoms with van der Waals surface area (Å²) in [5.41, 5.74) is -2.76. The van der Waals surface area contributed by atoms with Crippen molar-refractivity contribution in [2.75, 3.05) is 186 Å². The quantitative estimate of drug-likeness (QED) is 0.0305. The van der Waals surface area contributed by atoms with Gasteiger partial charge in [0, 0.05) is 56.0 Å². The van der Waals surface area contributed by atoms with Gasteiger partial charge in [-0.1, -0.05) is 60.7 Å². The van der Waals surface area contributed by atoms with E-state index in [0.717, 1.165) is 22.7 Å². The molecule has 1 aliphatic carbocycles. The van der Waals surface area contributed by atoms with Crippen LogP contribution in [0, 0.1) is 0 Å². The summed E-state index contributed by atoms with van der Waals surface area (Å²) in [6.45, 7) is 12.3. The van der Waals surface area contributed by atoms with Gasteiger partial charge in [-0.05, 0) is 37.1 Å². The van der Waals surface area contributed by atoms with Crippen molar-refractivity contribution >= 4 is 33.8 Å². The first-order chi connectivity index (χ1) is 40.3.